The molecule has 0 atom stereocenters. The Balaban J connectivity index is 2.11. The number of oxime groups is 1. The van der Waals surface area contributed by atoms with E-state index in [0.29, 0.717) is 18.3 Å². The van der Waals surface area contributed by atoms with E-state index < -0.39 is 5.41 Å². The Labute approximate surface area is 121 Å². The lowest BCUT2D eigenvalue weighted by atomic mass is 9.76. The van der Waals surface area contributed by atoms with Gasteiger partial charge in [0.2, 0.25) is 5.91 Å². The minimum absolute atomic E-state index is 0.0726. The van der Waals surface area contributed by atoms with Gasteiger partial charge >= 0.3 is 0 Å². The molecular weight excluding hydrogens is 254 g/mol. The maximum Gasteiger partial charge on any atom is 0.236 e. The van der Waals surface area contributed by atoms with Crippen LogP contribution in [0.1, 0.15) is 58.8 Å². The molecule has 1 saturated carbocycles. The number of rotatable bonds is 3. The molecule has 20 heavy (non-hydrogen) atoms. The van der Waals surface area contributed by atoms with Gasteiger partial charge < -0.3 is 15.8 Å². The molecule has 3 N–H and O–H groups in total. The van der Waals surface area contributed by atoms with Crippen molar-refractivity contribution in [3.63, 3.8) is 0 Å². The zero-order valence-corrected chi connectivity index (χ0v) is 12.7. The lowest BCUT2D eigenvalue weighted by molar-refractivity contribution is -0.140. The molecule has 114 valence electrons. The van der Waals surface area contributed by atoms with Crippen molar-refractivity contribution in [2.24, 2.45) is 21.7 Å². The summed E-state index contributed by atoms with van der Waals surface area (Å²) in [6.07, 6.45) is 6.61. The van der Waals surface area contributed by atoms with Gasteiger partial charge in [-0.15, -0.1) is 0 Å². The van der Waals surface area contributed by atoms with Crippen LogP contribution in [-0.4, -0.2) is 34.9 Å². The molecule has 0 spiro atoms. The van der Waals surface area contributed by atoms with Crippen molar-refractivity contribution in [1.82, 2.24) is 4.90 Å². The van der Waals surface area contributed by atoms with Crippen molar-refractivity contribution in [1.29, 1.82) is 0 Å². The van der Waals surface area contributed by atoms with E-state index in [1.807, 2.05) is 4.90 Å². The summed E-state index contributed by atoms with van der Waals surface area (Å²) in [7, 11) is 0. The van der Waals surface area contributed by atoms with Crippen LogP contribution >= 0.6 is 0 Å². The standard InChI is InChI=1S/C15H27N3O2/c1-3-14(2)8-10-18(11-9-14)13(19)15(12(16)17-20)6-4-5-7-15/h20H,3-11H2,1-2H3,(H2,16,17). The first-order valence-electron chi connectivity index (χ1n) is 7.75. The van der Waals surface area contributed by atoms with E-state index in [1.54, 1.807) is 0 Å². The highest BCUT2D eigenvalue weighted by Gasteiger charge is 2.48. The monoisotopic (exact) mass is 281 g/mol. The number of nitrogens with two attached hydrogens (primary N) is 1. The van der Waals surface area contributed by atoms with Gasteiger partial charge in [0, 0.05) is 13.1 Å². The maximum atomic E-state index is 12.9. The van der Waals surface area contributed by atoms with Crippen LogP contribution in [0, 0.1) is 10.8 Å². The van der Waals surface area contributed by atoms with Gasteiger partial charge in [-0.2, -0.15) is 0 Å². The summed E-state index contributed by atoms with van der Waals surface area (Å²) in [6.45, 7) is 6.10. The molecule has 0 aromatic rings. The molecule has 0 radical (unpaired) electrons. The van der Waals surface area contributed by atoms with Gasteiger partial charge in [-0.1, -0.05) is 38.3 Å². The Morgan fingerprint density at radius 1 is 1.25 bits per heavy atom. The van der Waals surface area contributed by atoms with Crippen LogP contribution < -0.4 is 5.73 Å². The molecule has 0 aromatic carbocycles. The zero-order chi connectivity index (χ0) is 14.8. The van der Waals surface area contributed by atoms with Gasteiger partial charge in [0.1, 0.15) is 5.41 Å². The molecule has 1 amide bonds. The van der Waals surface area contributed by atoms with Gasteiger partial charge in [0.25, 0.3) is 0 Å². The van der Waals surface area contributed by atoms with E-state index in [9.17, 15) is 4.79 Å². The fourth-order valence-electron chi connectivity index (χ4n) is 3.56. The third-order valence-electron chi connectivity index (χ3n) is 5.58. The van der Waals surface area contributed by atoms with E-state index >= 15 is 0 Å². The Bertz CT molecular complexity index is 392. The fraction of sp³-hybridized carbons (Fsp3) is 0.867. The first kappa shape index (κ1) is 15.1. The van der Waals surface area contributed by atoms with Gasteiger partial charge in [0.15, 0.2) is 5.84 Å². The van der Waals surface area contributed by atoms with Crippen molar-refractivity contribution in [2.75, 3.05) is 13.1 Å². The van der Waals surface area contributed by atoms with Crippen molar-refractivity contribution >= 4 is 11.7 Å². The highest BCUT2D eigenvalue weighted by molar-refractivity contribution is 6.07. The predicted molar refractivity (Wildman–Crippen MR) is 78.5 cm³/mol. The van der Waals surface area contributed by atoms with Gasteiger partial charge in [0.05, 0.1) is 0 Å². The summed E-state index contributed by atoms with van der Waals surface area (Å²) in [5.41, 5.74) is 5.47. The second-order valence-electron chi connectivity index (χ2n) is 6.73. The zero-order valence-electron chi connectivity index (χ0n) is 12.7. The van der Waals surface area contributed by atoms with Crippen LogP contribution in [0.4, 0.5) is 0 Å². The number of carbonyl (C=O) groups is 1. The molecule has 2 rings (SSSR count). The number of hydrogen-bond acceptors (Lipinski definition) is 3. The lowest BCUT2D eigenvalue weighted by Crippen LogP contribution is -2.53. The Morgan fingerprint density at radius 3 is 2.25 bits per heavy atom. The number of amides is 1. The fourth-order valence-corrected chi connectivity index (χ4v) is 3.56. The Kier molecular flexibility index (Phi) is 4.25. The molecule has 1 aliphatic carbocycles. The average Bonchev–Trinajstić information content (AvgIpc) is 2.97. The normalized spacial score (nSPS) is 25.7. The number of nitrogens with zero attached hydrogens (tertiary/aromatic N) is 2. The predicted octanol–water partition coefficient (Wildman–Crippen LogP) is 2.33. The lowest BCUT2D eigenvalue weighted by Gasteiger charge is -2.42. The van der Waals surface area contributed by atoms with Crippen LogP contribution in [-0.2, 0) is 4.79 Å². The smallest absolute Gasteiger partial charge is 0.236 e. The molecule has 1 aliphatic heterocycles. The second-order valence-corrected chi connectivity index (χ2v) is 6.73. The topological polar surface area (TPSA) is 78.9 Å². The first-order chi connectivity index (χ1) is 9.47. The van der Waals surface area contributed by atoms with E-state index in [0.717, 1.165) is 45.2 Å². The summed E-state index contributed by atoms with van der Waals surface area (Å²) < 4.78 is 0. The number of hydrogen-bond donors (Lipinski definition) is 2. The summed E-state index contributed by atoms with van der Waals surface area (Å²) >= 11 is 0. The van der Waals surface area contributed by atoms with Crippen LogP contribution in [0.2, 0.25) is 0 Å². The molecule has 0 unspecified atom stereocenters. The SMILES string of the molecule is CCC1(C)CCN(C(=O)C2(C(N)=NO)CCCC2)CC1. The summed E-state index contributed by atoms with van der Waals surface area (Å²) in [5.74, 6) is 0.173. The molecule has 1 saturated heterocycles. The minimum Gasteiger partial charge on any atom is -0.409 e. The Hall–Kier alpha value is -1.26. The van der Waals surface area contributed by atoms with Gasteiger partial charge in [-0.05, 0) is 31.1 Å². The van der Waals surface area contributed by atoms with Crippen molar-refractivity contribution in [3.8, 4) is 0 Å². The van der Waals surface area contributed by atoms with E-state index in [-0.39, 0.29) is 11.7 Å². The number of likely N-dealkylation sites (tertiary alicyclic amines) is 1. The number of piperidine rings is 1. The molecule has 5 heteroatoms. The maximum absolute atomic E-state index is 12.9. The van der Waals surface area contributed by atoms with Crippen LogP contribution in [0.5, 0.6) is 0 Å². The molecule has 1 heterocycles. The molecule has 0 aromatic heterocycles. The van der Waals surface area contributed by atoms with Gasteiger partial charge in [-0.25, -0.2) is 0 Å². The largest absolute Gasteiger partial charge is 0.409 e. The van der Waals surface area contributed by atoms with Crippen LogP contribution in [0.15, 0.2) is 5.16 Å². The third-order valence-corrected chi connectivity index (χ3v) is 5.58. The summed E-state index contributed by atoms with van der Waals surface area (Å²) in [6, 6.07) is 0. The summed E-state index contributed by atoms with van der Waals surface area (Å²) in [5, 5.41) is 12.2. The highest BCUT2D eigenvalue weighted by Crippen LogP contribution is 2.42. The second kappa shape index (κ2) is 5.62. The summed E-state index contributed by atoms with van der Waals surface area (Å²) in [4.78, 5) is 14.8. The van der Waals surface area contributed by atoms with Crippen molar-refractivity contribution in [2.45, 2.75) is 58.8 Å². The number of amidine groups is 1. The van der Waals surface area contributed by atoms with Crippen molar-refractivity contribution < 1.29 is 10.0 Å². The van der Waals surface area contributed by atoms with E-state index in [4.69, 9.17) is 10.9 Å². The molecule has 2 aliphatic rings. The van der Waals surface area contributed by atoms with Crippen LogP contribution in [0.3, 0.4) is 0 Å². The highest BCUT2D eigenvalue weighted by atomic mass is 16.4. The molecule has 0 bridgehead atoms. The third kappa shape index (κ3) is 2.50. The average molecular weight is 281 g/mol. The quantitative estimate of drug-likeness (QED) is 0.361. The van der Waals surface area contributed by atoms with Gasteiger partial charge in [-0.3, -0.25) is 4.79 Å². The molecule has 5 nitrogen and oxygen atoms in total. The van der Waals surface area contributed by atoms with Crippen LogP contribution in [0.25, 0.3) is 0 Å². The van der Waals surface area contributed by atoms with Crippen molar-refractivity contribution in [3.05, 3.63) is 0 Å². The molecular formula is C15H27N3O2. The number of carbonyl (C=O) groups excluding carboxylic acids is 1. The van der Waals surface area contributed by atoms with E-state index in [2.05, 4.69) is 19.0 Å². The first-order valence-corrected chi connectivity index (χ1v) is 7.75. The molecule has 2 fully saturated rings. The van der Waals surface area contributed by atoms with E-state index in [1.165, 1.54) is 0 Å². The minimum atomic E-state index is -0.741. The Morgan fingerprint density at radius 2 is 1.80 bits per heavy atom.